The molecule has 8 nitrogen and oxygen atoms in total. The Labute approximate surface area is 126 Å². The first kappa shape index (κ1) is 15.2. The van der Waals surface area contributed by atoms with Crippen molar-refractivity contribution < 1.29 is 4.79 Å². The lowest BCUT2D eigenvalue weighted by atomic mass is 10.4. The van der Waals surface area contributed by atoms with Crippen LogP contribution < -0.4 is 16.4 Å². The number of anilines is 2. The summed E-state index contributed by atoms with van der Waals surface area (Å²) in [5, 5.41) is 14.4. The third-order valence-corrected chi connectivity index (χ3v) is 3.85. The zero-order valence-corrected chi connectivity index (χ0v) is 12.9. The Hall–Kier alpha value is -2.16. The number of amides is 1. The predicted octanol–water partition coefficient (Wildman–Crippen LogP) is 0.648. The van der Waals surface area contributed by atoms with Crippen LogP contribution >= 0.6 is 11.3 Å². The molecule has 0 fully saturated rings. The van der Waals surface area contributed by atoms with Crippen LogP contribution in [-0.4, -0.2) is 38.7 Å². The molecular weight excluding hydrogens is 290 g/mol. The lowest BCUT2D eigenvalue weighted by molar-refractivity contribution is 0.0958. The first-order valence-electron chi connectivity index (χ1n) is 6.73. The van der Waals surface area contributed by atoms with Crippen molar-refractivity contribution in [1.82, 2.24) is 25.1 Å². The minimum Gasteiger partial charge on any atom is -0.382 e. The first-order chi connectivity index (χ1) is 10.1. The highest BCUT2D eigenvalue weighted by Crippen LogP contribution is 2.24. The Morgan fingerprint density at radius 2 is 2.29 bits per heavy atom. The Balaban J connectivity index is 1.88. The summed E-state index contributed by atoms with van der Waals surface area (Å²) in [6.45, 7) is 3.34. The van der Waals surface area contributed by atoms with E-state index in [0.29, 0.717) is 23.0 Å². The van der Waals surface area contributed by atoms with Crippen LogP contribution in [0.3, 0.4) is 0 Å². The number of carbonyl (C=O) groups is 1. The van der Waals surface area contributed by atoms with Crippen molar-refractivity contribution in [3.63, 3.8) is 0 Å². The number of nitrogen functional groups attached to an aromatic ring is 1. The van der Waals surface area contributed by atoms with Gasteiger partial charge in [0.25, 0.3) is 5.91 Å². The molecule has 0 aliphatic rings. The summed E-state index contributed by atoms with van der Waals surface area (Å²) in [7, 11) is 1.87. The van der Waals surface area contributed by atoms with Gasteiger partial charge in [-0.15, -0.1) is 10.2 Å². The zero-order valence-electron chi connectivity index (χ0n) is 12.1. The third-order valence-electron chi connectivity index (χ3n) is 2.83. The van der Waals surface area contributed by atoms with Gasteiger partial charge in [0.1, 0.15) is 22.8 Å². The van der Waals surface area contributed by atoms with Gasteiger partial charge in [0.05, 0.1) is 0 Å². The molecule has 2 aromatic heterocycles. The minimum atomic E-state index is -0.211. The average molecular weight is 309 g/mol. The van der Waals surface area contributed by atoms with E-state index in [-0.39, 0.29) is 11.7 Å². The molecule has 0 aliphatic heterocycles. The van der Waals surface area contributed by atoms with Crippen LogP contribution in [0.4, 0.5) is 10.9 Å². The Morgan fingerprint density at radius 3 is 2.95 bits per heavy atom. The standard InChI is InChI=1S/C12H19N7OS/c1-3-5-15-12-17-10(13)9(21-12)11(20)14-6-4-8-18-16-7-19(8)2/h7H,3-6,13H2,1-2H3,(H,14,20)(H,15,17). The summed E-state index contributed by atoms with van der Waals surface area (Å²) in [5.74, 6) is 0.865. The molecule has 21 heavy (non-hydrogen) atoms. The van der Waals surface area contributed by atoms with Gasteiger partial charge in [-0.25, -0.2) is 4.98 Å². The van der Waals surface area contributed by atoms with Crippen LogP contribution in [0, 0.1) is 0 Å². The molecule has 2 heterocycles. The normalized spacial score (nSPS) is 10.6. The maximum atomic E-state index is 12.1. The number of rotatable bonds is 7. The number of nitrogens with two attached hydrogens (primary N) is 1. The molecule has 0 aliphatic carbocycles. The number of hydrogen-bond acceptors (Lipinski definition) is 7. The van der Waals surface area contributed by atoms with Crippen LogP contribution in [0.5, 0.6) is 0 Å². The second kappa shape index (κ2) is 7.02. The van der Waals surface area contributed by atoms with Crippen LogP contribution in [0.1, 0.15) is 28.8 Å². The molecule has 9 heteroatoms. The van der Waals surface area contributed by atoms with E-state index in [2.05, 4.69) is 32.7 Å². The van der Waals surface area contributed by atoms with Crippen LogP contribution in [0.15, 0.2) is 6.33 Å². The van der Waals surface area contributed by atoms with Gasteiger partial charge in [-0.3, -0.25) is 4.79 Å². The fourth-order valence-corrected chi connectivity index (χ4v) is 2.53. The first-order valence-corrected chi connectivity index (χ1v) is 7.54. The van der Waals surface area contributed by atoms with E-state index in [9.17, 15) is 4.79 Å². The molecule has 0 spiro atoms. The third kappa shape index (κ3) is 3.91. The molecule has 2 aromatic rings. The van der Waals surface area contributed by atoms with Gasteiger partial charge in [-0.1, -0.05) is 18.3 Å². The maximum Gasteiger partial charge on any atom is 0.265 e. The van der Waals surface area contributed by atoms with Gasteiger partial charge in [-0.05, 0) is 6.42 Å². The Kier molecular flexibility index (Phi) is 5.09. The zero-order chi connectivity index (χ0) is 15.2. The monoisotopic (exact) mass is 309 g/mol. The summed E-state index contributed by atoms with van der Waals surface area (Å²) in [6.07, 6.45) is 3.23. The smallest absolute Gasteiger partial charge is 0.265 e. The largest absolute Gasteiger partial charge is 0.382 e. The molecule has 0 radical (unpaired) electrons. The molecule has 2 rings (SSSR count). The second-order valence-electron chi connectivity index (χ2n) is 4.52. The van der Waals surface area contributed by atoms with Gasteiger partial charge in [0.15, 0.2) is 5.13 Å². The summed E-state index contributed by atoms with van der Waals surface area (Å²) < 4.78 is 1.82. The van der Waals surface area contributed by atoms with Crippen LogP contribution in [0.25, 0.3) is 0 Å². The van der Waals surface area contributed by atoms with Crippen molar-refractivity contribution in [1.29, 1.82) is 0 Å². The van der Waals surface area contributed by atoms with Crippen molar-refractivity contribution in [2.45, 2.75) is 19.8 Å². The SMILES string of the molecule is CCCNc1nc(N)c(C(=O)NCCc2nncn2C)s1. The average Bonchev–Trinajstić information content (AvgIpc) is 3.03. The lowest BCUT2D eigenvalue weighted by Gasteiger charge is -2.03. The highest BCUT2D eigenvalue weighted by Gasteiger charge is 2.15. The van der Waals surface area contributed by atoms with E-state index in [1.807, 2.05) is 11.6 Å². The van der Waals surface area contributed by atoms with Crippen molar-refractivity contribution >= 4 is 28.2 Å². The van der Waals surface area contributed by atoms with E-state index >= 15 is 0 Å². The molecule has 1 amide bonds. The second-order valence-corrected chi connectivity index (χ2v) is 5.52. The molecular formula is C12H19N7OS. The number of thiazole rings is 1. The predicted molar refractivity (Wildman–Crippen MR) is 82.3 cm³/mol. The highest BCUT2D eigenvalue weighted by atomic mass is 32.1. The van der Waals surface area contributed by atoms with Crippen molar-refractivity contribution in [3.8, 4) is 0 Å². The number of nitrogens with zero attached hydrogens (tertiary/aromatic N) is 4. The molecule has 0 aromatic carbocycles. The van der Waals surface area contributed by atoms with Crippen LogP contribution in [0.2, 0.25) is 0 Å². The van der Waals surface area contributed by atoms with E-state index in [1.54, 1.807) is 6.33 Å². The van der Waals surface area contributed by atoms with Gasteiger partial charge in [0.2, 0.25) is 0 Å². The summed E-state index contributed by atoms with van der Waals surface area (Å²) >= 11 is 1.27. The molecule has 0 unspecified atom stereocenters. The fraction of sp³-hybridized carbons (Fsp3) is 0.500. The van der Waals surface area contributed by atoms with Gasteiger partial charge in [0, 0.05) is 26.6 Å². The number of carbonyl (C=O) groups excluding carboxylic acids is 1. The lowest BCUT2D eigenvalue weighted by Crippen LogP contribution is -2.26. The molecule has 0 bridgehead atoms. The van der Waals surface area contributed by atoms with E-state index in [4.69, 9.17) is 5.73 Å². The van der Waals surface area contributed by atoms with Gasteiger partial charge < -0.3 is 20.9 Å². The van der Waals surface area contributed by atoms with Crippen molar-refractivity contribution in [2.75, 3.05) is 24.1 Å². The van der Waals surface area contributed by atoms with E-state index < -0.39 is 0 Å². The maximum absolute atomic E-state index is 12.1. The summed E-state index contributed by atoms with van der Waals surface area (Å²) in [4.78, 5) is 16.7. The Morgan fingerprint density at radius 1 is 1.48 bits per heavy atom. The number of aromatic nitrogens is 4. The summed E-state index contributed by atoms with van der Waals surface area (Å²) in [6, 6.07) is 0. The number of nitrogens with one attached hydrogen (secondary N) is 2. The van der Waals surface area contributed by atoms with E-state index in [1.165, 1.54) is 11.3 Å². The molecule has 0 saturated carbocycles. The summed E-state index contributed by atoms with van der Waals surface area (Å²) in [5.41, 5.74) is 5.78. The number of hydrogen-bond donors (Lipinski definition) is 3. The van der Waals surface area contributed by atoms with Crippen LogP contribution in [-0.2, 0) is 13.5 Å². The number of aryl methyl sites for hydroxylation is 1. The van der Waals surface area contributed by atoms with E-state index in [0.717, 1.165) is 18.8 Å². The van der Waals surface area contributed by atoms with Gasteiger partial charge >= 0.3 is 0 Å². The molecule has 114 valence electrons. The van der Waals surface area contributed by atoms with Gasteiger partial charge in [-0.2, -0.15) is 0 Å². The molecule has 4 N–H and O–H groups in total. The molecule has 0 saturated heterocycles. The van der Waals surface area contributed by atoms with Crippen molar-refractivity contribution in [3.05, 3.63) is 17.0 Å². The quantitative estimate of drug-likeness (QED) is 0.692. The van der Waals surface area contributed by atoms with Crippen molar-refractivity contribution in [2.24, 2.45) is 7.05 Å². The fourth-order valence-electron chi connectivity index (χ4n) is 1.70. The highest BCUT2D eigenvalue weighted by molar-refractivity contribution is 7.18. The molecule has 0 atom stereocenters. The Bertz CT molecular complexity index is 607. The minimum absolute atomic E-state index is 0.211. The topological polar surface area (TPSA) is 111 Å².